The summed E-state index contributed by atoms with van der Waals surface area (Å²) >= 11 is 0. The van der Waals surface area contributed by atoms with Gasteiger partial charge < -0.3 is 10.2 Å². The molecule has 0 aliphatic carbocycles. The maximum atomic E-state index is 4.12. The van der Waals surface area contributed by atoms with Crippen LogP contribution in [0.5, 0.6) is 0 Å². The normalized spacial score (nSPS) is 13.3. The molecular formula is C11H23N5. The van der Waals surface area contributed by atoms with Crippen LogP contribution in [0.15, 0.2) is 6.20 Å². The minimum Gasteiger partial charge on any atom is -0.308 e. The Hall–Kier alpha value is -0.940. The van der Waals surface area contributed by atoms with Crippen molar-refractivity contribution in [2.45, 2.75) is 32.9 Å². The van der Waals surface area contributed by atoms with Gasteiger partial charge in [0.1, 0.15) is 0 Å². The Morgan fingerprint density at radius 2 is 2.19 bits per heavy atom. The fourth-order valence-corrected chi connectivity index (χ4v) is 1.80. The summed E-state index contributed by atoms with van der Waals surface area (Å²) in [4.78, 5) is 2.18. The van der Waals surface area contributed by atoms with Gasteiger partial charge in [0.25, 0.3) is 0 Å². The highest BCUT2D eigenvalue weighted by Gasteiger charge is 2.16. The Kier molecular flexibility index (Phi) is 5.42. The van der Waals surface area contributed by atoms with Gasteiger partial charge in [-0.3, -0.25) is 0 Å². The lowest BCUT2D eigenvalue weighted by Gasteiger charge is -2.22. The first-order chi connectivity index (χ1) is 7.69. The van der Waals surface area contributed by atoms with Crippen LogP contribution >= 0.6 is 0 Å². The second-order valence-corrected chi connectivity index (χ2v) is 4.25. The van der Waals surface area contributed by atoms with E-state index in [1.807, 2.05) is 10.9 Å². The first kappa shape index (κ1) is 13.1. The Labute approximate surface area is 97.8 Å². The summed E-state index contributed by atoms with van der Waals surface area (Å²) in [6, 6.07) is 0.307. The summed E-state index contributed by atoms with van der Waals surface area (Å²) < 4.78 is 2.00. The van der Waals surface area contributed by atoms with Crippen molar-refractivity contribution >= 4 is 0 Å². The van der Waals surface area contributed by atoms with E-state index < -0.39 is 0 Å². The maximum absolute atomic E-state index is 4.12. The smallest absolute Gasteiger partial charge is 0.0769 e. The van der Waals surface area contributed by atoms with Crippen molar-refractivity contribution in [1.82, 2.24) is 25.2 Å². The third kappa shape index (κ3) is 3.57. The van der Waals surface area contributed by atoms with Crippen molar-refractivity contribution in [3.05, 3.63) is 11.9 Å². The van der Waals surface area contributed by atoms with Crippen molar-refractivity contribution < 1.29 is 0 Å². The van der Waals surface area contributed by atoms with E-state index >= 15 is 0 Å². The quantitative estimate of drug-likeness (QED) is 0.749. The number of nitrogens with one attached hydrogen (secondary N) is 1. The molecule has 5 heteroatoms. The molecule has 1 aromatic heterocycles. The second kappa shape index (κ2) is 6.60. The van der Waals surface area contributed by atoms with Gasteiger partial charge in [-0.2, -0.15) is 0 Å². The summed E-state index contributed by atoms with van der Waals surface area (Å²) in [5.74, 6) is 0. The van der Waals surface area contributed by atoms with Gasteiger partial charge in [-0.15, -0.1) is 5.10 Å². The Morgan fingerprint density at radius 3 is 2.75 bits per heavy atom. The number of nitrogens with zero attached hydrogens (tertiary/aromatic N) is 4. The molecule has 0 aromatic carbocycles. The number of hydrogen-bond donors (Lipinski definition) is 1. The minimum absolute atomic E-state index is 0.307. The summed E-state index contributed by atoms with van der Waals surface area (Å²) in [5, 5.41) is 11.6. The zero-order valence-electron chi connectivity index (χ0n) is 10.8. The molecule has 0 aliphatic rings. The number of rotatable bonds is 7. The first-order valence-corrected chi connectivity index (χ1v) is 5.95. The van der Waals surface area contributed by atoms with Crippen molar-refractivity contribution in [2.75, 3.05) is 27.2 Å². The molecule has 1 N–H and O–H groups in total. The predicted molar refractivity (Wildman–Crippen MR) is 65.3 cm³/mol. The largest absolute Gasteiger partial charge is 0.308 e. The fourth-order valence-electron chi connectivity index (χ4n) is 1.80. The number of aryl methyl sites for hydroxylation is 1. The SMILES string of the molecule is CCCn1nncc1C(CN(C)C)NCC. The Balaban J connectivity index is 2.78. The van der Waals surface area contributed by atoms with Gasteiger partial charge in [-0.05, 0) is 27.1 Å². The standard InChI is InChI=1S/C11H23N5/c1-5-7-16-11(8-13-14-16)10(12-6-2)9-15(3)4/h8,10,12H,5-7,9H2,1-4H3. The van der Waals surface area contributed by atoms with Crippen LogP contribution in [-0.2, 0) is 6.54 Å². The molecule has 1 atom stereocenters. The molecule has 0 radical (unpaired) electrons. The van der Waals surface area contributed by atoms with E-state index in [-0.39, 0.29) is 0 Å². The number of hydrogen-bond acceptors (Lipinski definition) is 4. The van der Waals surface area contributed by atoms with Crippen LogP contribution < -0.4 is 5.32 Å². The van der Waals surface area contributed by atoms with Crippen LogP contribution in [0.25, 0.3) is 0 Å². The van der Waals surface area contributed by atoms with E-state index in [1.165, 1.54) is 5.69 Å². The average Bonchev–Trinajstić information content (AvgIpc) is 2.65. The summed E-state index contributed by atoms with van der Waals surface area (Å²) in [7, 11) is 4.16. The lowest BCUT2D eigenvalue weighted by atomic mass is 10.2. The lowest BCUT2D eigenvalue weighted by molar-refractivity contribution is 0.332. The number of likely N-dealkylation sites (N-methyl/N-ethyl adjacent to an activating group) is 2. The zero-order valence-corrected chi connectivity index (χ0v) is 10.8. The van der Waals surface area contributed by atoms with Gasteiger partial charge in [0.2, 0.25) is 0 Å². The fraction of sp³-hybridized carbons (Fsp3) is 0.818. The van der Waals surface area contributed by atoms with Crippen LogP contribution in [0.1, 0.15) is 32.0 Å². The Bertz CT molecular complexity index is 294. The van der Waals surface area contributed by atoms with Crippen LogP contribution in [0.2, 0.25) is 0 Å². The van der Waals surface area contributed by atoms with E-state index in [0.717, 1.165) is 26.1 Å². The molecule has 0 bridgehead atoms. The summed E-state index contributed by atoms with van der Waals surface area (Å²) in [5.41, 5.74) is 1.18. The van der Waals surface area contributed by atoms with Gasteiger partial charge >= 0.3 is 0 Å². The van der Waals surface area contributed by atoms with Gasteiger partial charge in [0, 0.05) is 13.1 Å². The van der Waals surface area contributed by atoms with E-state index in [1.54, 1.807) is 0 Å². The first-order valence-electron chi connectivity index (χ1n) is 5.95. The van der Waals surface area contributed by atoms with Gasteiger partial charge in [0.15, 0.2) is 0 Å². The highest BCUT2D eigenvalue weighted by atomic mass is 15.4. The molecule has 0 saturated carbocycles. The number of aromatic nitrogens is 3. The van der Waals surface area contributed by atoms with E-state index in [9.17, 15) is 0 Å². The van der Waals surface area contributed by atoms with Crippen molar-refractivity contribution in [1.29, 1.82) is 0 Å². The minimum atomic E-state index is 0.307. The zero-order chi connectivity index (χ0) is 12.0. The van der Waals surface area contributed by atoms with Crippen LogP contribution in [0.4, 0.5) is 0 Å². The van der Waals surface area contributed by atoms with Crippen molar-refractivity contribution in [2.24, 2.45) is 0 Å². The monoisotopic (exact) mass is 225 g/mol. The highest BCUT2D eigenvalue weighted by molar-refractivity contribution is 5.03. The second-order valence-electron chi connectivity index (χ2n) is 4.25. The molecular weight excluding hydrogens is 202 g/mol. The average molecular weight is 225 g/mol. The third-order valence-corrected chi connectivity index (χ3v) is 2.44. The van der Waals surface area contributed by atoms with Crippen LogP contribution in [0, 0.1) is 0 Å². The molecule has 1 unspecified atom stereocenters. The van der Waals surface area contributed by atoms with Gasteiger partial charge in [-0.1, -0.05) is 19.1 Å². The van der Waals surface area contributed by atoms with E-state index in [4.69, 9.17) is 0 Å². The molecule has 0 aliphatic heterocycles. The topological polar surface area (TPSA) is 46.0 Å². The van der Waals surface area contributed by atoms with E-state index in [0.29, 0.717) is 6.04 Å². The lowest BCUT2D eigenvalue weighted by Crippen LogP contribution is -2.32. The maximum Gasteiger partial charge on any atom is 0.0769 e. The van der Waals surface area contributed by atoms with Crippen molar-refractivity contribution in [3.63, 3.8) is 0 Å². The Morgan fingerprint density at radius 1 is 1.44 bits per heavy atom. The van der Waals surface area contributed by atoms with Crippen LogP contribution in [0.3, 0.4) is 0 Å². The molecule has 1 aromatic rings. The molecule has 0 spiro atoms. The molecule has 0 amide bonds. The molecule has 92 valence electrons. The summed E-state index contributed by atoms with van der Waals surface area (Å²) in [6.07, 6.45) is 2.95. The van der Waals surface area contributed by atoms with E-state index in [2.05, 4.69) is 48.5 Å². The molecule has 5 nitrogen and oxygen atoms in total. The van der Waals surface area contributed by atoms with Gasteiger partial charge in [-0.25, -0.2) is 4.68 Å². The van der Waals surface area contributed by atoms with Crippen molar-refractivity contribution in [3.8, 4) is 0 Å². The molecule has 1 heterocycles. The van der Waals surface area contributed by atoms with Gasteiger partial charge in [0.05, 0.1) is 17.9 Å². The molecule has 1 rings (SSSR count). The molecule has 0 fully saturated rings. The molecule has 0 saturated heterocycles. The highest BCUT2D eigenvalue weighted by Crippen LogP contribution is 2.12. The predicted octanol–water partition coefficient (Wildman–Crippen LogP) is 0.900. The molecule has 16 heavy (non-hydrogen) atoms. The van der Waals surface area contributed by atoms with Crippen LogP contribution in [-0.4, -0.2) is 47.1 Å². The third-order valence-electron chi connectivity index (χ3n) is 2.44. The summed E-state index contributed by atoms with van der Waals surface area (Å²) in [6.45, 7) is 7.13.